The van der Waals surface area contributed by atoms with Crippen LogP contribution in [0.3, 0.4) is 0 Å². The van der Waals surface area contributed by atoms with Crippen LogP contribution in [-0.4, -0.2) is 53.1 Å². The number of urea groups is 1. The van der Waals surface area contributed by atoms with Crippen LogP contribution in [0.25, 0.3) is 0 Å². The second kappa shape index (κ2) is 8.92. The van der Waals surface area contributed by atoms with Crippen molar-refractivity contribution in [2.45, 2.75) is 19.4 Å². The van der Waals surface area contributed by atoms with Gasteiger partial charge in [0.1, 0.15) is 6.54 Å². The Labute approximate surface area is 106 Å². The molecule has 0 aliphatic heterocycles. The highest BCUT2D eigenvalue weighted by Gasteiger charge is 2.17. The van der Waals surface area contributed by atoms with Crippen molar-refractivity contribution in [3.05, 3.63) is 12.7 Å². The fourth-order valence-corrected chi connectivity index (χ4v) is 1.99. The van der Waals surface area contributed by atoms with Crippen molar-refractivity contribution in [1.82, 2.24) is 10.2 Å². The molecule has 17 heavy (non-hydrogen) atoms. The summed E-state index contributed by atoms with van der Waals surface area (Å²) < 4.78 is 0. The average molecular weight is 260 g/mol. The number of carbonyl (C=O) groups excluding carboxylic acids is 1. The summed E-state index contributed by atoms with van der Waals surface area (Å²) in [7, 11) is 0. The molecule has 2 amide bonds. The lowest BCUT2D eigenvalue weighted by Gasteiger charge is -2.23. The van der Waals surface area contributed by atoms with Gasteiger partial charge in [-0.15, -0.1) is 6.58 Å². The number of nitrogens with zero attached hydrogens (tertiary/aromatic N) is 1. The van der Waals surface area contributed by atoms with E-state index in [0.29, 0.717) is 0 Å². The van der Waals surface area contributed by atoms with E-state index in [1.807, 2.05) is 13.2 Å². The molecule has 0 aromatic heterocycles. The van der Waals surface area contributed by atoms with E-state index in [0.717, 1.165) is 12.2 Å². The molecule has 0 bridgehead atoms. The second-order valence-electron chi connectivity index (χ2n) is 3.57. The molecule has 1 unspecified atom stereocenters. The van der Waals surface area contributed by atoms with E-state index in [1.54, 1.807) is 11.8 Å². The van der Waals surface area contributed by atoms with E-state index in [2.05, 4.69) is 11.9 Å². The van der Waals surface area contributed by atoms with Gasteiger partial charge in [0, 0.05) is 18.3 Å². The SMILES string of the molecule is C=CCN(CC(=O)O)C(=O)NC(CC)CSC. The van der Waals surface area contributed by atoms with Gasteiger partial charge in [-0.05, 0) is 12.7 Å². The Balaban J connectivity index is 4.38. The third-order valence-corrected chi connectivity index (χ3v) is 2.89. The Kier molecular flexibility index (Phi) is 8.31. The summed E-state index contributed by atoms with van der Waals surface area (Å²) in [6.45, 7) is 5.41. The molecule has 0 aliphatic rings. The van der Waals surface area contributed by atoms with Crippen molar-refractivity contribution < 1.29 is 14.7 Å². The Morgan fingerprint density at radius 1 is 1.59 bits per heavy atom. The van der Waals surface area contributed by atoms with Crippen molar-refractivity contribution in [2.24, 2.45) is 0 Å². The Hall–Kier alpha value is -1.17. The highest BCUT2D eigenvalue weighted by Crippen LogP contribution is 2.02. The number of hydrogen-bond acceptors (Lipinski definition) is 3. The zero-order valence-corrected chi connectivity index (χ0v) is 11.1. The average Bonchev–Trinajstić information content (AvgIpc) is 2.27. The van der Waals surface area contributed by atoms with Crippen LogP contribution in [0.2, 0.25) is 0 Å². The molecule has 0 saturated carbocycles. The van der Waals surface area contributed by atoms with Gasteiger partial charge in [0.15, 0.2) is 0 Å². The zero-order valence-electron chi connectivity index (χ0n) is 10.3. The molecule has 0 aliphatic carbocycles. The van der Waals surface area contributed by atoms with Gasteiger partial charge < -0.3 is 15.3 Å². The normalized spacial score (nSPS) is 11.6. The Morgan fingerprint density at radius 2 is 2.24 bits per heavy atom. The molecule has 0 saturated heterocycles. The van der Waals surface area contributed by atoms with Crippen LogP contribution < -0.4 is 5.32 Å². The lowest BCUT2D eigenvalue weighted by atomic mass is 10.2. The van der Waals surface area contributed by atoms with E-state index in [-0.39, 0.29) is 25.2 Å². The van der Waals surface area contributed by atoms with E-state index >= 15 is 0 Å². The first kappa shape index (κ1) is 15.8. The van der Waals surface area contributed by atoms with Gasteiger partial charge in [-0.25, -0.2) is 4.79 Å². The summed E-state index contributed by atoms with van der Waals surface area (Å²) in [6.07, 6.45) is 4.30. The fraction of sp³-hybridized carbons (Fsp3) is 0.636. The van der Waals surface area contributed by atoms with E-state index < -0.39 is 5.97 Å². The predicted octanol–water partition coefficient (Wildman–Crippen LogP) is 1.41. The van der Waals surface area contributed by atoms with Crippen molar-refractivity contribution >= 4 is 23.8 Å². The van der Waals surface area contributed by atoms with Crippen molar-refractivity contribution in [3.8, 4) is 0 Å². The number of aliphatic carboxylic acids is 1. The molecule has 0 fully saturated rings. The van der Waals surface area contributed by atoms with E-state index in [1.165, 1.54) is 11.0 Å². The van der Waals surface area contributed by atoms with Gasteiger partial charge in [-0.2, -0.15) is 11.8 Å². The van der Waals surface area contributed by atoms with Gasteiger partial charge >= 0.3 is 12.0 Å². The summed E-state index contributed by atoms with van der Waals surface area (Å²) in [5.74, 6) is -0.211. The molecule has 0 aromatic rings. The van der Waals surface area contributed by atoms with Crippen LogP contribution in [-0.2, 0) is 4.79 Å². The largest absolute Gasteiger partial charge is 0.480 e. The monoisotopic (exact) mass is 260 g/mol. The number of carbonyl (C=O) groups is 2. The number of thioether (sulfide) groups is 1. The zero-order chi connectivity index (χ0) is 13.3. The predicted molar refractivity (Wildman–Crippen MR) is 70.4 cm³/mol. The van der Waals surface area contributed by atoms with Crippen LogP contribution >= 0.6 is 11.8 Å². The lowest BCUT2D eigenvalue weighted by Crippen LogP contribution is -2.47. The van der Waals surface area contributed by atoms with E-state index in [9.17, 15) is 9.59 Å². The molecule has 1 atom stereocenters. The maximum atomic E-state index is 11.8. The number of carboxylic acid groups (broad SMARTS) is 1. The van der Waals surface area contributed by atoms with Gasteiger partial charge in [0.25, 0.3) is 0 Å². The number of amides is 2. The molecule has 0 aromatic carbocycles. The standard InChI is InChI=1S/C11H20N2O3S/c1-4-6-13(7-10(14)15)11(16)12-9(5-2)8-17-3/h4,9H,1,5-8H2,2-3H3,(H,12,16)(H,14,15). The molecule has 98 valence electrons. The molecule has 0 spiro atoms. The summed E-state index contributed by atoms with van der Waals surface area (Å²) in [4.78, 5) is 23.6. The second-order valence-corrected chi connectivity index (χ2v) is 4.48. The first-order chi connectivity index (χ1) is 8.04. The fourth-order valence-electron chi connectivity index (χ4n) is 1.27. The minimum absolute atomic E-state index is 0.0682. The summed E-state index contributed by atoms with van der Waals surface area (Å²) in [5.41, 5.74) is 0. The number of hydrogen-bond donors (Lipinski definition) is 2. The van der Waals surface area contributed by atoms with Crippen molar-refractivity contribution in [2.75, 3.05) is 25.1 Å². The third-order valence-electron chi connectivity index (χ3n) is 2.15. The highest BCUT2D eigenvalue weighted by atomic mass is 32.2. The molecule has 2 N–H and O–H groups in total. The van der Waals surface area contributed by atoms with Crippen LogP contribution in [0, 0.1) is 0 Å². The minimum Gasteiger partial charge on any atom is -0.480 e. The first-order valence-corrected chi connectivity index (χ1v) is 6.81. The van der Waals surface area contributed by atoms with Crippen molar-refractivity contribution in [1.29, 1.82) is 0 Å². The first-order valence-electron chi connectivity index (χ1n) is 5.42. The van der Waals surface area contributed by atoms with Gasteiger partial charge in [-0.1, -0.05) is 13.0 Å². The topological polar surface area (TPSA) is 69.6 Å². The quantitative estimate of drug-likeness (QED) is 0.647. The van der Waals surface area contributed by atoms with Crippen molar-refractivity contribution in [3.63, 3.8) is 0 Å². The van der Waals surface area contributed by atoms with Crippen LogP contribution in [0.4, 0.5) is 4.79 Å². The molecule has 0 radical (unpaired) electrons. The maximum absolute atomic E-state index is 11.8. The number of rotatable bonds is 8. The van der Waals surface area contributed by atoms with Crippen LogP contribution in [0.15, 0.2) is 12.7 Å². The lowest BCUT2D eigenvalue weighted by molar-refractivity contribution is -0.137. The summed E-state index contributed by atoms with van der Waals surface area (Å²) in [6, 6.07) is -0.285. The molecule has 0 rings (SSSR count). The molecule has 0 heterocycles. The Bertz CT molecular complexity index is 271. The highest BCUT2D eigenvalue weighted by molar-refractivity contribution is 7.98. The molecular formula is C11H20N2O3S. The number of nitrogens with one attached hydrogen (secondary N) is 1. The van der Waals surface area contributed by atoms with Crippen LogP contribution in [0.5, 0.6) is 0 Å². The molecule has 6 heteroatoms. The van der Waals surface area contributed by atoms with Gasteiger partial charge in [-0.3, -0.25) is 4.79 Å². The summed E-state index contributed by atoms with van der Waals surface area (Å²) in [5, 5.41) is 11.5. The Morgan fingerprint density at radius 3 is 2.65 bits per heavy atom. The summed E-state index contributed by atoms with van der Waals surface area (Å²) >= 11 is 1.65. The molecular weight excluding hydrogens is 240 g/mol. The third kappa shape index (κ3) is 6.88. The minimum atomic E-state index is -1.03. The van der Waals surface area contributed by atoms with Crippen LogP contribution in [0.1, 0.15) is 13.3 Å². The smallest absolute Gasteiger partial charge is 0.323 e. The van der Waals surface area contributed by atoms with E-state index in [4.69, 9.17) is 5.11 Å². The maximum Gasteiger partial charge on any atom is 0.323 e. The molecule has 5 nitrogen and oxygen atoms in total. The van der Waals surface area contributed by atoms with Gasteiger partial charge in [0.2, 0.25) is 0 Å². The van der Waals surface area contributed by atoms with Gasteiger partial charge in [0.05, 0.1) is 0 Å². The number of carboxylic acids is 1.